The van der Waals surface area contributed by atoms with Crippen molar-refractivity contribution in [1.82, 2.24) is 10.2 Å². The van der Waals surface area contributed by atoms with E-state index in [9.17, 15) is 9.59 Å². The lowest BCUT2D eigenvalue weighted by molar-refractivity contribution is -0.139. The van der Waals surface area contributed by atoms with Gasteiger partial charge in [-0.2, -0.15) is 0 Å². The maximum atomic E-state index is 12.8. The molecule has 2 rings (SSSR count). The van der Waals surface area contributed by atoms with Crippen LogP contribution in [-0.2, 0) is 14.3 Å². The fourth-order valence-corrected chi connectivity index (χ4v) is 4.71. The Morgan fingerprint density at radius 3 is 2.56 bits per heavy atom. The molecule has 1 aromatic rings. The van der Waals surface area contributed by atoms with Gasteiger partial charge in [-0.05, 0) is 68.4 Å². The van der Waals surface area contributed by atoms with Gasteiger partial charge in [-0.1, -0.05) is 39.8 Å². The first kappa shape index (κ1) is 25.8. The average Bonchev–Trinajstić information content (AvgIpc) is 2.66. The van der Waals surface area contributed by atoms with Gasteiger partial charge in [0.05, 0.1) is 18.2 Å². The van der Waals surface area contributed by atoms with Gasteiger partial charge in [-0.25, -0.2) is 4.79 Å². The molecule has 176 valence electrons. The number of benzene rings is 1. The minimum atomic E-state index is -0.444. The number of hydrogen-bond donors (Lipinski definition) is 2. The van der Waals surface area contributed by atoms with E-state index < -0.39 is 6.04 Å². The van der Waals surface area contributed by atoms with Crippen LogP contribution in [0.2, 0.25) is 0 Å². The highest BCUT2D eigenvalue weighted by atomic mass is 32.1. The second-order valence-corrected chi connectivity index (χ2v) is 9.98. The Labute approximate surface area is 197 Å². The SMILES string of the molecule is CCOC(=O)C1=C(C)N(CC)C(=S)N[C@@H]1c1cccc(NC(=O)C[C@H](C)CC(C)(C)C)c1. The van der Waals surface area contributed by atoms with Gasteiger partial charge in [-0.3, -0.25) is 4.79 Å². The summed E-state index contributed by atoms with van der Waals surface area (Å²) in [4.78, 5) is 27.3. The summed E-state index contributed by atoms with van der Waals surface area (Å²) >= 11 is 5.54. The van der Waals surface area contributed by atoms with Gasteiger partial charge < -0.3 is 20.3 Å². The number of nitrogens with zero attached hydrogens (tertiary/aromatic N) is 1. The van der Waals surface area contributed by atoms with Crippen molar-refractivity contribution < 1.29 is 14.3 Å². The summed E-state index contributed by atoms with van der Waals surface area (Å²) in [5.74, 6) is -0.0917. The summed E-state index contributed by atoms with van der Waals surface area (Å²) in [6.45, 7) is 15.3. The number of nitrogens with one attached hydrogen (secondary N) is 2. The van der Waals surface area contributed by atoms with E-state index in [1.807, 2.05) is 43.0 Å². The standard InChI is InChI=1S/C25H37N3O3S/c1-8-28-17(4)21(23(30)31-9-2)22(27-24(28)32)18-11-10-12-19(14-18)26-20(29)13-16(3)15-25(5,6)7/h10-12,14,16,22H,8-9,13,15H2,1-7H3,(H,26,29)(H,27,32)/t16-,22+/m0/s1. The fraction of sp³-hybridized carbons (Fsp3) is 0.560. The molecule has 1 aliphatic heterocycles. The first-order valence-corrected chi connectivity index (χ1v) is 11.7. The molecule has 1 aromatic carbocycles. The molecule has 7 heteroatoms. The largest absolute Gasteiger partial charge is 0.463 e. The van der Waals surface area contributed by atoms with Gasteiger partial charge in [0, 0.05) is 24.4 Å². The van der Waals surface area contributed by atoms with Crippen LogP contribution < -0.4 is 10.6 Å². The van der Waals surface area contributed by atoms with Gasteiger partial charge >= 0.3 is 5.97 Å². The van der Waals surface area contributed by atoms with Crippen LogP contribution in [-0.4, -0.2) is 35.0 Å². The molecule has 1 heterocycles. The maximum Gasteiger partial charge on any atom is 0.338 e. The Morgan fingerprint density at radius 2 is 1.97 bits per heavy atom. The van der Waals surface area contributed by atoms with E-state index in [1.54, 1.807) is 6.92 Å². The summed E-state index contributed by atoms with van der Waals surface area (Å²) in [5.41, 5.74) is 3.04. The molecule has 2 atom stereocenters. The highest BCUT2D eigenvalue weighted by Gasteiger charge is 2.34. The average molecular weight is 460 g/mol. The van der Waals surface area contributed by atoms with E-state index in [4.69, 9.17) is 17.0 Å². The maximum absolute atomic E-state index is 12.8. The number of allylic oxidation sites excluding steroid dienone is 1. The number of rotatable bonds is 8. The van der Waals surface area contributed by atoms with Crippen molar-refractivity contribution in [2.75, 3.05) is 18.5 Å². The number of anilines is 1. The van der Waals surface area contributed by atoms with Crippen LogP contribution in [0, 0.1) is 11.3 Å². The molecule has 0 aliphatic carbocycles. The van der Waals surface area contributed by atoms with Crippen molar-refractivity contribution >= 4 is 34.9 Å². The molecule has 0 unspecified atom stereocenters. The Hall–Kier alpha value is -2.41. The van der Waals surface area contributed by atoms with Crippen LogP contribution in [0.4, 0.5) is 5.69 Å². The topological polar surface area (TPSA) is 70.7 Å². The zero-order valence-electron chi connectivity index (χ0n) is 20.4. The van der Waals surface area contributed by atoms with E-state index in [2.05, 4.69) is 38.3 Å². The number of carbonyl (C=O) groups is 2. The minimum Gasteiger partial charge on any atom is -0.463 e. The van der Waals surface area contributed by atoms with Crippen molar-refractivity contribution in [2.24, 2.45) is 11.3 Å². The number of esters is 1. The lowest BCUT2D eigenvalue weighted by Gasteiger charge is -2.37. The van der Waals surface area contributed by atoms with E-state index in [1.165, 1.54) is 0 Å². The molecule has 6 nitrogen and oxygen atoms in total. The Morgan fingerprint density at radius 1 is 1.28 bits per heavy atom. The summed E-state index contributed by atoms with van der Waals surface area (Å²) in [6, 6.07) is 7.10. The minimum absolute atomic E-state index is 0.0134. The highest BCUT2D eigenvalue weighted by molar-refractivity contribution is 7.80. The lowest BCUT2D eigenvalue weighted by Crippen LogP contribution is -2.47. The quantitative estimate of drug-likeness (QED) is 0.413. The molecule has 1 aliphatic rings. The van der Waals surface area contributed by atoms with Gasteiger partial charge in [0.2, 0.25) is 5.91 Å². The Balaban J connectivity index is 2.27. The van der Waals surface area contributed by atoms with Gasteiger partial charge in [-0.15, -0.1) is 0 Å². The molecule has 0 radical (unpaired) electrons. The molecule has 0 bridgehead atoms. The molecular formula is C25H37N3O3S. The third kappa shape index (κ3) is 6.79. The van der Waals surface area contributed by atoms with Crippen molar-refractivity contribution in [3.05, 3.63) is 41.1 Å². The molecule has 0 aromatic heterocycles. The van der Waals surface area contributed by atoms with Crippen LogP contribution in [0.25, 0.3) is 0 Å². The first-order chi connectivity index (χ1) is 15.0. The van der Waals surface area contributed by atoms with E-state index in [0.717, 1.165) is 17.7 Å². The van der Waals surface area contributed by atoms with E-state index in [0.29, 0.717) is 35.9 Å². The molecule has 0 spiro atoms. The van der Waals surface area contributed by atoms with Crippen LogP contribution >= 0.6 is 12.2 Å². The Kier molecular flexibility index (Phi) is 8.84. The zero-order chi connectivity index (χ0) is 24.1. The number of ether oxygens (including phenoxy) is 1. The van der Waals surface area contributed by atoms with Crippen molar-refractivity contribution in [2.45, 2.75) is 67.3 Å². The van der Waals surface area contributed by atoms with E-state index >= 15 is 0 Å². The van der Waals surface area contributed by atoms with Gasteiger partial charge in [0.15, 0.2) is 5.11 Å². The molecule has 2 N–H and O–H groups in total. The van der Waals surface area contributed by atoms with Gasteiger partial charge in [0.1, 0.15) is 0 Å². The number of hydrogen-bond acceptors (Lipinski definition) is 4. The molecule has 0 saturated heterocycles. The first-order valence-electron chi connectivity index (χ1n) is 11.3. The highest BCUT2D eigenvalue weighted by Crippen LogP contribution is 2.32. The molecule has 0 fully saturated rings. The molecule has 32 heavy (non-hydrogen) atoms. The van der Waals surface area contributed by atoms with Crippen molar-refractivity contribution in [3.8, 4) is 0 Å². The number of carbonyl (C=O) groups excluding carboxylic acids is 2. The third-order valence-electron chi connectivity index (χ3n) is 5.41. The summed E-state index contributed by atoms with van der Waals surface area (Å²) < 4.78 is 5.33. The van der Waals surface area contributed by atoms with E-state index in [-0.39, 0.29) is 23.2 Å². The normalized spacial score (nSPS) is 17.7. The van der Waals surface area contributed by atoms with Crippen LogP contribution in [0.5, 0.6) is 0 Å². The smallest absolute Gasteiger partial charge is 0.338 e. The summed E-state index contributed by atoms with van der Waals surface area (Å²) in [5, 5.41) is 6.85. The zero-order valence-corrected chi connectivity index (χ0v) is 21.2. The lowest BCUT2D eigenvalue weighted by atomic mass is 9.84. The number of thiocarbonyl (C=S) groups is 1. The summed E-state index contributed by atoms with van der Waals surface area (Å²) in [7, 11) is 0. The summed E-state index contributed by atoms with van der Waals surface area (Å²) in [6.07, 6.45) is 1.44. The van der Waals surface area contributed by atoms with Crippen molar-refractivity contribution in [3.63, 3.8) is 0 Å². The molecule has 1 amide bonds. The second kappa shape index (κ2) is 10.9. The van der Waals surface area contributed by atoms with Crippen molar-refractivity contribution in [1.29, 1.82) is 0 Å². The molecule has 0 saturated carbocycles. The monoisotopic (exact) mass is 459 g/mol. The van der Waals surface area contributed by atoms with Crippen LogP contribution in [0.15, 0.2) is 35.5 Å². The van der Waals surface area contributed by atoms with Crippen LogP contribution in [0.3, 0.4) is 0 Å². The molecular weight excluding hydrogens is 422 g/mol. The fourth-order valence-electron chi connectivity index (χ4n) is 4.33. The van der Waals surface area contributed by atoms with Crippen LogP contribution in [0.1, 0.15) is 72.9 Å². The number of amides is 1. The predicted molar refractivity (Wildman–Crippen MR) is 133 cm³/mol. The second-order valence-electron chi connectivity index (χ2n) is 9.59. The predicted octanol–water partition coefficient (Wildman–Crippen LogP) is 5.18. The third-order valence-corrected chi connectivity index (χ3v) is 5.74. The van der Waals surface area contributed by atoms with Gasteiger partial charge in [0.25, 0.3) is 0 Å². The Bertz CT molecular complexity index is 889.